The number of carbonyl (C=O) groups is 1. The molecule has 0 unspecified atom stereocenters. The van der Waals surface area contributed by atoms with E-state index in [0.29, 0.717) is 38.1 Å². The molecule has 2 aliphatic heterocycles. The number of sulfone groups is 1. The minimum absolute atomic E-state index is 0.0244. The Labute approximate surface area is 156 Å². The maximum absolute atomic E-state index is 12.6. The second-order valence-electron chi connectivity index (χ2n) is 8.36. The molecule has 0 aromatic carbocycles. The summed E-state index contributed by atoms with van der Waals surface area (Å²) in [4.78, 5) is 15.0. The topological polar surface area (TPSA) is 98.7 Å². The third-order valence-corrected chi connectivity index (χ3v) is 7.97. The number of carbonyl (C=O) groups excluding carboxylic acids is 1. The molecule has 8 heteroatoms. The Morgan fingerprint density at radius 1 is 1.00 bits per heavy atom. The van der Waals surface area contributed by atoms with Gasteiger partial charge in [-0.25, -0.2) is 8.42 Å². The van der Waals surface area contributed by atoms with Crippen molar-refractivity contribution in [2.24, 2.45) is 5.92 Å². The fourth-order valence-corrected chi connectivity index (χ4v) is 5.89. The summed E-state index contributed by atoms with van der Waals surface area (Å²) >= 11 is 0. The van der Waals surface area contributed by atoms with E-state index in [0.717, 1.165) is 25.9 Å². The van der Waals surface area contributed by atoms with Crippen LogP contribution in [0, 0.1) is 5.92 Å². The number of likely N-dealkylation sites (tertiary alicyclic amines) is 1. The summed E-state index contributed by atoms with van der Waals surface area (Å²) in [6, 6.07) is 0.356. The Bertz CT molecular complexity index is 575. The van der Waals surface area contributed by atoms with Crippen molar-refractivity contribution in [1.29, 1.82) is 0 Å². The van der Waals surface area contributed by atoms with Gasteiger partial charge in [0, 0.05) is 24.0 Å². The normalized spacial score (nSPS) is 34.5. The lowest BCUT2D eigenvalue weighted by atomic mass is 9.82. The van der Waals surface area contributed by atoms with Crippen LogP contribution in [0.2, 0.25) is 0 Å². The third kappa shape index (κ3) is 5.41. The predicted molar refractivity (Wildman–Crippen MR) is 101 cm³/mol. The molecule has 2 heterocycles. The maximum Gasteiger partial charge on any atom is 0.223 e. The molecule has 7 nitrogen and oxygen atoms in total. The highest BCUT2D eigenvalue weighted by atomic mass is 32.2. The molecule has 0 radical (unpaired) electrons. The van der Waals surface area contributed by atoms with E-state index in [9.17, 15) is 18.3 Å². The summed E-state index contributed by atoms with van der Waals surface area (Å²) in [6.45, 7) is 2.13. The van der Waals surface area contributed by atoms with E-state index in [4.69, 9.17) is 0 Å². The first-order valence-electron chi connectivity index (χ1n) is 9.96. The van der Waals surface area contributed by atoms with Crippen LogP contribution in [0.1, 0.15) is 44.9 Å². The second kappa shape index (κ2) is 8.54. The smallest absolute Gasteiger partial charge is 0.223 e. The molecule has 3 atom stereocenters. The Morgan fingerprint density at radius 2 is 1.65 bits per heavy atom. The van der Waals surface area contributed by atoms with Gasteiger partial charge in [-0.15, -0.1) is 0 Å². The number of aliphatic hydroxyl groups excluding tert-OH is 1. The van der Waals surface area contributed by atoms with Crippen LogP contribution in [0.5, 0.6) is 0 Å². The third-order valence-electron chi connectivity index (χ3n) is 6.25. The van der Waals surface area contributed by atoms with E-state index < -0.39 is 15.9 Å². The summed E-state index contributed by atoms with van der Waals surface area (Å²) < 4.78 is 23.0. The number of hydrogen-bond acceptors (Lipinski definition) is 6. The van der Waals surface area contributed by atoms with Gasteiger partial charge in [0.1, 0.15) is 9.84 Å². The van der Waals surface area contributed by atoms with Crippen molar-refractivity contribution >= 4 is 15.7 Å². The molecule has 3 fully saturated rings. The van der Waals surface area contributed by atoms with E-state index in [-0.39, 0.29) is 35.4 Å². The lowest BCUT2D eigenvalue weighted by molar-refractivity contribution is -0.128. The molecule has 2 saturated heterocycles. The highest BCUT2D eigenvalue weighted by Crippen LogP contribution is 2.27. The molecular formula is C18H33N3O4S. The van der Waals surface area contributed by atoms with Crippen LogP contribution >= 0.6 is 0 Å². The molecule has 3 aliphatic rings. The van der Waals surface area contributed by atoms with Gasteiger partial charge in [0.25, 0.3) is 0 Å². The number of hydrogen-bond donors (Lipinski definition) is 3. The Balaban J connectivity index is 1.48. The van der Waals surface area contributed by atoms with Gasteiger partial charge in [-0.1, -0.05) is 0 Å². The van der Waals surface area contributed by atoms with Crippen molar-refractivity contribution in [1.82, 2.24) is 15.5 Å². The van der Waals surface area contributed by atoms with Crippen LogP contribution < -0.4 is 10.6 Å². The SMILES string of the molecule is CN1CCC(N[C@@H]2C[C@@H](C(=O)NC3CCS(=O)(=O)CC3)CC[C@H]2O)CC1. The first-order chi connectivity index (χ1) is 12.3. The van der Waals surface area contributed by atoms with Crippen LogP contribution in [0.15, 0.2) is 0 Å². The molecular weight excluding hydrogens is 354 g/mol. The van der Waals surface area contributed by atoms with Crippen LogP contribution in [0.4, 0.5) is 0 Å². The minimum Gasteiger partial charge on any atom is -0.392 e. The molecule has 26 heavy (non-hydrogen) atoms. The van der Waals surface area contributed by atoms with Gasteiger partial charge in [0.05, 0.1) is 17.6 Å². The highest BCUT2D eigenvalue weighted by Gasteiger charge is 2.35. The van der Waals surface area contributed by atoms with Gasteiger partial charge < -0.3 is 20.6 Å². The summed E-state index contributed by atoms with van der Waals surface area (Å²) in [5.41, 5.74) is 0. The maximum atomic E-state index is 12.6. The number of piperidine rings is 1. The lowest BCUT2D eigenvalue weighted by Crippen LogP contribution is -2.53. The molecule has 0 bridgehead atoms. The van der Waals surface area contributed by atoms with E-state index in [2.05, 4.69) is 22.6 Å². The molecule has 0 spiro atoms. The molecule has 3 N–H and O–H groups in total. The molecule has 1 amide bonds. The van der Waals surface area contributed by atoms with Crippen molar-refractivity contribution in [2.45, 2.75) is 69.2 Å². The summed E-state index contributed by atoms with van der Waals surface area (Å²) in [5.74, 6) is 0.264. The number of aliphatic hydroxyl groups is 1. The van der Waals surface area contributed by atoms with Crippen molar-refractivity contribution in [3.05, 3.63) is 0 Å². The van der Waals surface area contributed by atoms with Gasteiger partial charge >= 0.3 is 0 Å². The van der Waals surface area contributed by atoms with E-state index in [1.807, 2.05) is 0 Å². The van der Waals surface area contributed by atoms with Crippen LogP contribution in [0.25, 0.3) is 0 Å². The standard InChI is InChI=1S/C18H33N3O4S/c1-21-8-4-14(5-9-21)19-16-12-13(2-3-17(16)22)18(23)20-15-6-10-26(24,25)11-7-15/h13-17,19,22H,2-12H2,1H3,(H,20,23)/t13-,16+,17+/m0/s1. The quantitative estimate of drug-likeness (QED) is 0.623. The van der Waals surface area contributed by atoms with Gasteiger partial charge in [-0.2, -0.15) is 0 Å². The van der Waals surface area contributed by atoms with Gasteiger partial charge in [-0.3, -0.25) is 4.79 Å². The van der Waals surface area contributed by atoms with Crippen molar-refractivity contribution < 1.29 is 18.3 Å². The minimum atomic E-state index is -2.91. The fourth-order valence-electron chi connectivity index (χ4n) is 4.40. The average Bonchev–Trinajstić information content (AvgIpc) is 2.60. The van der Waals surface area contributed by atoms with Crippen LogP contribution in [0.3, 0.4) is 0 Å². The zero-order chi connectivity index (χ0) is 18.7. The molecule has 150 valence electrons. The summed E-state index contributed by atoms with van der Waals surface area (Å²) in [7, 11) is -0.783. The molecule has 0 aromatic heterocycles. The molecule has 3 rings (SSSR count). The van der Waals surface area contributed by atoms with E-state index in [1.54, 1.807) is 0 Å². The molecule has 1 saturated carbocycles. The first-order valence-corrected chi connectivity index (χ1v) is 11.8. The molecule has 1 aliphatic carbocycles. The van der Waals surface area contributed by atoms with E-state index in [1.165, 1.54) is 0 Å². The Morgan fingerprint density at radius 3 is 2.31 bits per heavy atom. The van der Waals surface area contributed by atoms with Gasteiger partial charge in [0.2, 0.25) is 5.91 Å². The first kappa shape index (κ1) is 20.0. The van der Waals surface area contributed by atoms with Gasteiger partial charge in [0.15, 0.2) is 0 Å². The van der Waals surface area contributed by atoms with Crippen molar-refractivity contribution in [3.8, 4) is 0 Å². The van der Waals surface area contributed by atoms with Crippen molar-refractivity contribution in [2.75, 3.05) is 31.6 Å². The fraction of sp³-hybridized carbons (Fsp3) is 0.944. The summed E-state index contributed by atoms with van der Waals surface area (Å²) in [6.07, 6.45) is 4.79. The number of rotatable bonds is 4. The van der Waals surface area contributed by atoms with Crippen LogP contribution in [-0.4, -0.2) is 80.2 Å². The highest BCUT2D eigenvalue weighted by molar-refractivity contribution is 7.91. The monoisotopic (exact) mass is 387 g/mol. The number of nitrogens with one attached hydrogen (secondary N) is 2. The molecule has 0 aromatic rings. The second-order valence-corrected chi connectivity index (χ2v) is 10.7. The Hall–Kier alpha value is -0.700. The Kier molecular flexibility index (Phi) is 6.59. The van der Waals surface area contributed by atoms with E-state index >= 15 is 0 Å². The van der Waals surface area contributed by atoms with Crippen LogP contribution in [-0.2, 0) is 14.6 Å². The summed E-state index contributed by atoms with van der Waals surface area (Å²) in [5, 5.41) is 17.0. The van der Waals surface area contributed by atoms with Gasteiger partial charge in [-0.05, 0) is 65.1 Å². The van der Waals surface area contributed by atoms with Crippen molar-refractivity contribution in [3.63, 3.8) is 0 Å². The largest absolute Gasteiger partial charge is 0.392 e. The number of amides is 1. The zero-order valence-corrected chi connectivity index (χ0v) is 16.5. The lowest BCUT2D eigenvalue weighted by Gasteiger charge is -2.38. The zero-order valence-electron chi connectivity index (χ0n) is 15.7. The average molecular weight is 388 g/mol. The number of nitrogens with zero attached hydrogens (tertiary/aromatic N) is 1. The predicted octanol–water partition coefficient (Wildman–Crippen LogP) is -0.107.